The maximum Gasteiger partial charge on any atom is 0.327 e. The molecule has 17 heavy (non-hydrogen) atoms. The number of aliphatic carboxylic acids is 1. The van der Waals surface area contributed by atoms with Gasteiger partial charge in [0.1, 0.15) is 6.04 Å². The highest BCUT2D eigenvalue weighted by Gasteiger charge is 2.33. The minimum atomic E-state index is -0.976. The van der Waals surface area contributed by atoms with E-state index >= 15 is 0 Å². The summed E-state index contributed by atoms with van der Waals surface area (Å²) in [5, 5.41) is 18.3. The monoisotopic (exact) mass is 262 g/mol. The SMILES string of the molecule is CC(O)CN(C)C(=O)N1CCSCC1C(=O)O. The van der Waals surface area contributed by atoms with Crippen molar-refractivity contribution in [3.05, 3.63) is 0 Å². The minimum Gasteiger partial charge on any atom is -0.480 e. The molecule has 0 aliphatic carbocycles. The molecular weight excluding hydrogens is 244 g/mol. The lowest BCUT2D eigenvalue weighted by Crippen LogP contribution is -2.54. The van der Waals surface area contributed by atoms with Crippen molar-refractivity contribution >= 4 is 23.8 Å². The van der Waals surface area contributed by atoms with E-state index in [-0.39, 0.29) is 12.6 Å². The molecule has 1 aliphatic heterocycles. The molecule has 1 heterocycles. The van der Waals surface area contributed by atoms with Gasteiger partial charge in [0.2, 0.25) is 0 Å². The summed E-state index contributed by atoms with van der Waals surface area (Å²) in [6.45, 7) is 2.23. The highest BCUT2D eigenvalue weighted by molar-refractivity contribution is 7.99. The van der Waals surface area contributed by atoms with Gasteiger partial charge in [-0.25, -0.2) is 9.59 Å². The number of aliphatic hydroxyl groups is 1. The van der Waals surface area contributed by atoms with Gasteiger partial charge < -0.3 is 20.0 Å². The second kappa shape index (κ2) is 6.11. The van der Waals surface area contributed by atoms with Crippen LogP contribution in [0.4, 0.5) is 4.79 Å². The van der Waals surface area contributed by atoms with Gasteiger partial charge in [-0.2, -0.15) is 11.8 Å². The summed E-state index contributed by atoms with van der Waals surface area (Å²) in [6.07, 6.45) is -0.619. The molecule has 1 fully saturated rings. The molecule has 6 nitrogen and oxygen atoms in total. The van der Waals surface area contributed by atoms with Gasteiger partial charge in [-0.05, 0) is 6.92 Å². The van der Waals surface area contributed by atoms with Crippen LogP contribution in [0.25, 0.3) is 0 Å². The number of urea groups is 1. The molecule has 0 radical (unpaired) electrons. The molecule has 2 unspecified atom stereocenters. The molecule has 98 valence electrons. The van der Waals surface area contributed by atoms with Crippen LogP contribution in [0.1, 0.15) is 6.92 Å². The van der Waals surface area contributed by atoms with E-state index in [9.17, 15) is 14.7 Å². The first kappa shape index (κ1) is 14.1. The van der Waals surface area contributed by atoms with Gasteiger partial charge in [-0.1, -0.05) is 0 Å². The number of aliphatic hydroxyl groups excluding tert-OH is 1. The van der Waals surface area contributed by atoms with E-state index in [1.54, 1.807) is 14.0 Å². The van der Waals surface area contributed by atoms with Crippen molar-refractivity contribution in [3.8, 4) is 0 Å². The zero-order chi connectivity index (χ0) is 13.0. The van der Waals surface area contributed by atoms with E-state index in [1.807, 2.05) is 0 Å². The fourth-order valence-corrected chi connectivity index (χ4v) is 2.77. The molecule has 2 amide bonds. The van der Waals surface area contributed by atoms with Gasteiger partial charge in [0.15, 0.2) is 0 Å². The van der Waals surface area contributed by atoms with Gasteiger partial charge in [0.05, 0.1) is 6.10 Å². The lowest BCUT2D eigenvalue weighted by molar-refractivity contribution is -0.141. The summed E-state index contributed by atoms with van der Waals surface area (Å²) in [6, 6.07) is -1.10. The molecule has 0 aromatic heterocycles. The van der Waals surface area contributed by atoms with E-state index in [2.05, 4.69) is 0 Å². The number of hydrogen-bond acceptors (Lipinski definition) is 4. The Kier molecular flexibility index (Phi) is 5.07. The third-order valence-corrected chi connectivity index (χ3v) is 3.55. The lowest BCUT2D eigenvalue weighted by Gasteiger charge is -2.35. The lowest BCUT2D eigenvalue weighted by atomic mass is 10.3. The van der Waals surface area contributed by atoms with Gasteiger partial charge in [0.25, 0.3) is 0 Å². The number of nitrogens with zero attached hydrogens (tertiary/aromatic N) is 2. The number of hydrogen-bond donors (Lipinski definition) is 2. The second-order valence-corrected chi connectivity index (χ2v) is 5.28. The number of thioether (sulfide) groups is 1. The van der Waals surface area contributed by atoms with Crippen molar-refractivity contribution in [3.63, 3.8) is 0 Å². The molecule has 0 bridgehead atoms. The molecule has 0 spiro atoms. The maximum absolute atomic E-state index is 12.0. The van der Waals surface area contributed by atoms with Crippen LogP contribution in [-0.4, -0.2) is 75.8 Å². The van der Waals surface area contributed by atoms with E-state index in [0.717, 1.165) is 5.75 Å². The Labute approximate surface area is 105 Å². The Hall–Kier alpha value is -0.950. The molecule has 0 aromatic rings. The Morgan fingerprint density at radius 2 is 2.24 bits per heavy atom. The first-order valence-electron chi connectivity index (χ1n) is 5.44. The van der Waals surface area contributed by atoms with Crippen molar-refractivity contribution in [1.29, 1.82) is 0 Å². The van der Waals surface area contributed by atoms with Crippen LogP contribution >= 0.6 is 11.8 Å². The van der Waals surface area contributed by atoms with Crippen LogP contribution < -0.4 is 0 Å². The molecule has 7 heteroatoms. The predicted molar refractivity (Wildman–Crippen MR) is 65.2 cm³/mol. The number of carboxylic acids is 1. The Balaban J connectivity index is 2.67. The summed E-state index contributed by atoms with van der Waals surface area (Å²) in [5.74, 6) is 0.192. The minimum absolute atomic E-state index is 0.203. The highest BCUT2D eigenvalue weighted by Crippen LogP contribution is 2.18. The van der Waals surface area contributed by atoms with Gasteiger partial charge in [-0.15, -0.1) is 0 Å². The number of rotatable bonds is 3. The van der Waals surface area contributed by atoms with Crippen LogP contribution in [0.2, 0.25) is 0 Å². The van der Waals surface area contributed by atoms with Gasteiger partial charge >= 0.3 is 12.0 Å². The fraction of sp³-hybridized carbons (Fsp3) is 0.800. The van der Waals surface area contributed by atoms with Crippen molar-refractivity contribution in [2.45, 2.75) is 19.1 Å². The van der Waals surface area contributed by atoms with Gasteiger partial charge in [0, 0.05) is 31.6 Å². The van der Waals surface area contributed by atoms with Crippen LogP contribution in [0, 0.1) is 0 Å². The molecule has 2 N–H and O–H groups in total. The number of carboxylic acid groups (broad SMARTS) is 1. The Bertz CT molecular complexity index is 298. The summed E-state index contributed by atoms with van der Waals surface area (Å²) in [4.78, 5) is 25.8. The average Bonchev–Trinajstić information content (AvgIpc) is 2.27. The zero-order valence-electron chi connectivity index (χ0n) is 10.00. The molecule has 2 atom stereocenters. The molecular formula is C10H18N2O4S. The molecule has 0 saturated carbocycles. The molecule has 1 saturated heterocycles. The van der Waals surface area contributed by atoms with Crippen molar-refractivity contribution in [2.75, 3.05) is 31.6 Å². The van der Waals surface area contributed by atoms with Crippen LogP contribution in [-0.2, 0) is 4.79 Å². The van der Waals surface area contributed by atoms with Crippen LogP contribution in [0.15, 0.2) is 0 Å². The normalized spacial score (nSPS) is 22.1. The van der Waals surface area contributed by atoms with Crippen LogP contribution in [0.5, 0.6) is 0 Å². The zero-order valence-corrected chi connectivity index (χ0v) is 10.8. The Morgan fingerprint density at radius 1 is 1.59 bits per heavy atom. The third kappa shape index (κ3) is 3.78. The summed E-state index contributed by atoms with van der Waals surface area (Å²) >= 11 is 1.54. The van der Waals surface area contributed by atoms with Crippen molar-refractivity contribution in [1.82, 2.24) is 9.80 Å². The quantitative estimate of drug-likeness (QED) is 0.743. The standard InChI is InChI=1S/C10H18N2O4S/c1-7(13)5-11(2)10(16)12-3-4-17-6-8(12)9(14)15/h7-8,13H,3-6H2,1-2H3,(H,14,15). The van der Waals surface area contributed by atoms with Crippen LogP contribution in [0.3, 0.4) is 0 Å². The topological polar surface area (TPSA) is 81.1 Å². The highest BCUT2D eigenvalue weighted by atomic mass is 32.2. The third-order valence-electron chi connectivity index (χ3n) is 2.52. The van der Waals surface area contributed by atoms with Gasteiger partial charge in [-0.3, -0.25) is 0 Å². The van der Waals surface area contributed by atoms with E-state index in [4.69, 9.17) is 5.11 Å². The number of carbonyl (C=O) groups excluding carboxylic acids is 1. The summed E-state index contributed by atoms with van der Waals surface area (Å²) < 4.78 is 0. The molecule has 0 aromatic carbocycles. The Morgan fingerprint density at radius 3 is 2.76 bits per heavy atom. The predicted octanol–water partition coefficient (Wildman–Crippen LogP) is -0.0790. The fourth-order valence-electron chi connectivity index (χ4n) is 1.73. The van der Waals surface area contributed by atoms with E-state index in [0.29, 0.717) is 12.3 Å². The smallest absolute Gasteiger partial charge is 0.327 e. The first-order chi connectivity index (χ1) is 7.93. The summed E-state index contributed by atoms with van der Waals surface area (Å²) in [5.41, 5.74) is 0. The maximum atomic E-state index is 12.0. The largest absolute Gasteiger partial charge is 0.480 e. The second-order valence-electron chi connectivity index (χ2n) is 4.13. The van der Waals surface area contributed by atoms with E-state index in [1.165, 1.54) is 21.6 Å². The molecule has 1 aliphatic rings. The number of carbonyl (C=O) groups is 2. The summed E-state index contributed by atoms with van der Waals surface area (Å²) in [7, 11) is 1.57. The average molecular weight is 262 g/mol. The number of likely N-dealkylation sites (N-methyl/N-ethyl adjacent to an activating group) is 1. The van der Waals surface area contributed by atoms with Crippen molar-refractivity contribution < 1.29 is 19.8 Å². The van der Waals surface area contributed by atoms with E-state index < -0.39 is 18.1 Å². The molecule has 1 rings (SSSR count). The van der Waals surface area contributed by atoms with Crippen molar-refractivity contribution in [2.24, 2.45) is 0 Å². The first-order valence-corrected chi connectivity index (χ1v) is 6.59. The number of amides is 2.